The molecule has 5 rings (SSSR count). The molecule has 31 heavy (non-hydrogen) atoms. The fourth-order valence-electron chi connectivity index (χ4n) is 4.10. The van der Waals surface area contributed by atoms with Crippen molar-refractivity contribution in [3.05, 3.63) is 64.3 Å². The van der Waals surface area contributed by atoms with Gasteiger partial charge in [0, 0.05) is 29.1 Å². The van der Waals surface area contributed by atoms with E-state index < -0.39 is 11.9 Å². The minimum absolute atomic E-state index is 0.204. The van der Waals surface area contributed by atoms with Gasteiger partial charge in [0.15, 0.2) is 0 Å². The minimum atomic E-state index is -0.634. The molecular formula is C22H18ClN5O3. The number of carbonyl (C=O) groups is 3. The molecule has 8 nitrogen and oxygen atoms in total. The van der Waals surface area contributed by atoms with Crippen LogP contribution in [0, 0.1) is 6.92 Å². The van der Waals surface area contributed by atoms with Gasteiger partial charge >= 0.3 is 0 Å². The summed E-state index contributed by atoms with van der Waals surface area (Å²) in [7, 11) is 0. The first-order valence-corrected chi connectivity index (χ1v) is 10.3. The number of nitrogens with one attached hydrogen (secondary N) is 1. The largest absolute Gasteiger partial charge is 0.322 e. The molecular weight excluding hydrogens is 418 g/mol. The maximum atomic E-state index is 12.8. The predicted molar refractivity (Wildman–Crippen MR) is 113 cm³/mol. The Bertz CT molecular complexity index is 1250. The summed E-state index contributed by atoms with van der Waals surface area (Å²) in [5.74, 6) is -0.926. The van der Waals surface area contributed by atoms with Gasteiger partial charge in [0.05, 0.1) is 11.9 Å². The summed E-state index contributed by atoms with van der Waals surface area (Å²) < 4.78 is 1.65. The number of benzene rings is 2. The molecule has 3 heterocycles. The number of amides is 3. The van der Waals surface area contributed by atoms with E-state index in [1.54, 1.807) is 16.8 Å². The molecule has 2 aromatic carbocycles. The van der Waals surface area contributed by atoms with E-state index >= 15 is 0 Å². The first-order chi connectivity index (χ1) is 14.9. The van der Waals surface area contributed by atoms with Gasteiger partial charge in [0.1, 0.15) is 11.7 Å². The van der Waals surface area contributed by atoms with Crippen molar-refractivity contribution in [3.8, 4) is 16.9 Å². The Hall–Kier alpha value is -3.52. The molecule has 1 fully saturated rings. The molecule has 0 saturated carbocycles. The maximum absolute atomic E-state index is 12.8. The van der Waals surface area contributed by atoms with Crippen LogP contribution < -0.4 is 5.32 Å². The standard InChI is InChI=1S/C22H18ClN5O3/c1-12-15(3-2-4-17(12)23)18-11-28(26-25-18)14-5-6-16-13(9-14)10-27(22(16)31)19-7-8-20(29)24-21(19)30/h2-6,9,11,19H,7-8,10H2,1H3,(H,24,29,30). The Balaban J connectivity index is 1.42. The van der Waals surface area contributed by atoms with Gasteiger partial charge in [-0.2, -0.15) is 0 Å². The van der Waals surface area contributed by atoms with Crippen molar-refractivity contribution in [2.24, 2.45) is 0 Å². The van der Waals surface area contributed by atoms with Crippen LogP contribution in [0.15, 0.2) is 42.6 Å². The lowest BCUT2D eigenvalue weighted by Gasteiger charge is -2.29. The molecule has 3 aromatic rings. The molecule has 0 spiro atoms. The number of aromatic nitrogens is 3. The van der Waals surface area contributed by atoms with E-state index in [1.807, 2.05) is 37.4 Å². The summed E-state index contributed by atoms with van der Waals surface area (Å²) in [6.45, 7) is 2.24. The Labute approximate surface area is 182 Å². The third-order valence-corrected chi connectivity index (χ3v) is 6.22. The smallest absolute Gasteiger partial charge is 0.255 e. The van der Waals surface area contributed by atoms with Crippen molar-refractivity contribution in [1.82, 2.24) is 25.2 Å². The van der Waals surface area contributed by atoms with Crippen LogP contribution in [0.3, 0.4) is 0 Å². The average Bonchev–Trinajstić information content (AvgIpc) is 3.35. The van der Waals surface area contributed by atoms with E-state index in [9.17, 15) is 14.4 Å². The Morgan fingerprint density at radius 2 is 1.97 bits per heavy atom. The van der Waals surface area contributed by atoms with Crippen molar-refractivity contribution in [2.75, 3.05) is 0 Å². The van der Waals surface area contributed by atoms with Gasteiger partial charge < -0.3 is 4.90 Å². The molecule has 1 saturated heterocycles. The van der Waals surface area contributed by atoms with E-state index in [4.69, 9.17) is 11.6 Å². The average molecular weight is 436 g/mol. The van der Waals surface area contributed by atoms with Gasteiger partial charge in [-0.25, -0.2) is 4.68 Å². The van der Waals surface area contributed by atoms with Crippen LogP contribution >= 0.6 is 11.6 Å². The van der Waals surface area contributed by atoms with Crippen LogP contribution in [0.4, 0.5) is 0 Å². The summed E-state index contributed by atoms with van der Waals surface area (Å²) in [5.41, 5.74) is 4.65. The maximum Gasteiger partial charge on any atom is 0.255 e. The highest BCUT2D eigenvalue weighted by Gasteiger charge is 2.39. The van der Waals surface area contributed by atoms with E-state index in [-0.39, 0.29) is 18.2 Å². The monoisotopic (exact) mass is 435 g/mol. The number of carbonyl (C=O) groups excluding carboxylic acids is 3. The molecule has 0 bridgehead atoms. The molecule has 0 radical (unpaired) electrons. The van der Waals surface area contributed by atoms with E-state index in [0.717, 1.165) is 22.4 Å². The number of nitrogens with zero attached hydrogens (tertiary/aromatic N) is 4. The fourth-order valence-corrected chi connectivity index (χ4v) is 4.28. The second-order valence-electron chi connectivity index (χ2n) is 7.70. The number of halogens is 1. The molecule has 9 heteroatoms. The van der Waals surface area contributed by atoms with Crippen molar-refractivity contribution in [3.63, 3.8) is 0 Å². The lowest BCUT2D eigenvalue weighted by atomic mass is 10.0. The molecule has 3 amide bonds. The van der Waals surface area contributed by atoms with Gasteiger partial charge in [-0.05, 0) is 48.7 Å². The van der Waals surface area contributed by atoms with E-state index in [2.05, 4.69) is 15.6 Å². The first kappa shape index (κ1) is 19.4. The number of rotatable bonds is 3. The van der Waals surface area contributed by atoms with Crippen LogP contribution in [-0.2, 0) is 16.1 Å². The van der Waals surface area contributed by atoms with E-state index in [1.165, 1.54) is 4.90 Å². The number of imide groups is 1. The quantitative estimate of drug-likeness (QED) is 0.638. The van der Waals surface area contributed by atoms with Crippen molar-refractivity contribution in [1.29, 1.82) is 0 Å². The summed E-state index contributed by atoms with van der Waals surface area (Å²) in [6, 6.07) is 10.4. The zero-order valence-corrected chi connectivity index (χ0v) is 17.4. The molecule has 0 aliphatic carbocycles. The highest BCUT2D eigenvalue weighted by Crippen LogP contribution is 2.30. The lowest BCUT2D eigenvalue weighted by molar-refractivity contribution is -0.136. The van der Waals surface area contributed by atoms with Gasteiger partial charge in [0.2, 0.25) is 11.8 Å². The van der Waals surface area contributed by atoms with Crippen LogP contribution in [0.2, 0.25) is 5.02 Å². The van der Waals surface area contributed by atoms with Crippen molar-refractivity contribution >= 4 is 29.3 Å². The highest BCUT2D eigenvalue weighted by molar-refractivity contribution is 6.31. The predicted octanol–water partition coefficient (Wildman–Crippen LogP) is 2.66. The molecule has 156 valence electrons. The summed E-state index contributed by atoms with van der Waals surface area (Å²) >= 11 is 6.22. The number of piperidine rings is 1. The zero-order chi connectivity index (χ0) is 21.7. The van der Waals surface area contributed by atoms with Gasteiger partial charge in [0.25, 0.3) is 5.91 Å². The molecule has 2 aliphatic heterocycles. The Morgan fingerprint density at radius 1 is 1.13 bits per heavy atom. The summed E-state index contributed by atoms with van der Waals surface area (Å²) in [4.78, 5) is 38.0. The molecule has 2 aliphatic rings. The third-order valence-electron chi connectivity index (χ3n) is 5.81. The Kier molecular flexibility index (Phi) is 4.59. The van der Waals surface area contributed by atoms with Crippen LogP contribution in [-0.4, -0.2) is 43.7 Å². The van der Waals surface area contributed by atoms with Gasteiger partial charge in [-0.15, -0.1) is 5.10 Å². The van der Waals surface area contributed by atoms with Crippen LogP contribution in [0.1, 0.15) is 34.3 Å². The lowest BCUT2D eigenvalue weighted by Crippen LogP contribution is -2.52. The summed E-state index contributed by atoms with van der Waals surface area (Å²) in [5, 5.41) is 11.5. The summed E-state index contributed by atoms with van der Waals surface area (Å²) in [6.07, 6.45) is 2.38. The van der Waals surface area contributed by atoms with Gasteiger partial charge in [-0.1, -0.05) is 28.9 Å². The van der Waals surface area contributed by atoms with Crippen LogP contribution in [0.5, 0.6) is 0 Å². The molecule has 1 N–H and O–H groups in total. The van der Waals surface area contributed by atoms with E-state index in [0.29, 0.717) is 29.2 Å². The van der Waals surface area contributed by atoms with Crippen molar-refractivity contribution < 1.29 is 14.4 Å². The number of hydrogen-bond donors (Lipinski definition) is 1. The van der Waals surface area contributed by atoms with Crippen molar-refractivity contribution in [2.45, 2.75) is 32.4 Å². The minimum Gasteiger partial charge on any atom is -0.322 e. The SMILES string of the molecule is Cc1c(Cl)cccc1-c1cn(-c2ccc3c(c2)CN(C2CCC(=O)NC2=O)C3=O)nn1. The second-order valence-corrected chi connectivity index (χ2v) is 8.11. The van der Waals surface area contributed by atoms with Crippen LogP contribution in [0.25, 0.3) is 16.9 Å². The molecule has 1 atom stereocenters. The zero-order valence-electron chi connectivity index (χ0n) is 16.6. The third kappa shape index (κ3) is 3.29. The first-order valence-electron chi connectivity index (χ1n) is 9.88. The molecule has 1 aromatic heterocycles. The second kappa shape index (κ2) is 7.31. The number of hydrogen-bond acceptors (Lipinski definition) is 5. The fraction of sp³-hybridized carbons (Fsp3) is 0.227. The Morgan fingerprint density at radius 3 is 2.77 bits per heavy atom. The topological polar surface area (TPSA) is 97.2 Å². The molecule has 1 unspecified atom stereocenters. The highest BCUT2D eigenvalue weighted by atomic mass is 35.5. The normalized spacial score (nSPS) is 18.3. The number of fused-ring (bicyclic) bond motifs is 1. The van der Waals surface area contributed by atoms with Gasteiger partial charge in [-0.3, -0.25) is 19.7 Å².